The van der Waals surface area contributed by atoms with Gasteiger partial charge in [-0.15, -0.1) is 0 Å². The van der Waals surface area contributed by atoms with Crippen molar-refractivity contribution in [2.24, 2.45) is 0 Å². The quantitative estimate of drug-likeness (QED) is 0.185. The fourth-order valence-electron chi connectivity index (χ4n) is 8.89. The highest BCUT2D eigenvalue weighted by Crippen LogP contribution is 2.45. The Hall–Kier alpha value is -7.04. The normalized spacial score (nSPS) is 12.2. The third-order valence-corrected chi connectivity index (χ3v) is 11.0. The standard InChI is InChI=1S/C48H29N3O/c1-3-13-30(14-4-1)49-41-22-12-9-19-37(41)45-43(49)27-24-35-36-25-28-44-46(48(36)52-47(35)45)38-29-32(23-26-42(38)50(44)31-15-5-2-6-16-31)51-39-20-10-7-17-33(39)34-18-8-11-21-40(34)51/h1-29H. The summed E-state index contributed by atoms with van der Waals surface area (Å²) >= 11 is 0. The SMILES string of the molecule is c1ccc(-n2c3ccccc3c3c4oc5c(ccc6c5c5cc(-n7c8ccccc8c8ccccc87)ccc5n6-c5ccccc5)c4ccc32)cc1. The fraction of sp³-hybridized carbons (Fsp3) is 0. The molecule has 0 aliphatic heterocycles. The Morgan fingerprint density at radius 1 is 0.269 bits per heavy atom. The molecule has 0 saturated heterocycles. The van der Waals surface area contributed by atoms with Crippen molar-refractivity contribution < 1.29 is 4.42 Å². The van der Waals surface area contributed by atoms with Crippen LogP contribution >= 0.6 is 0 Å². The van der Waals surface area contributed by atoms with Crippen LogP contribution in [0.25, 0.3) is 104 Å². The zero-order valence-electron chi connectivity index (χ0n) is 28.0. The highest BCUT2D eigenvalue weighted by Gasteiger charge is 2.23. The molecule has 0 N–H and O–H groups in total. The molecule has 8 aromatic carbocycles. The number of hydrogen-bond donors (Lipinski definition) is 0. The van der Waals surface area contributed by atoms with Gasteiger partial charge < -0.3 is 18.1 Å². The van der Waals surface area contributed by atoms with E-state index >= 15 is 0 Å². The molecule has 0 saturated carbocycles. The highest BCUT2D eigenvalue weighted by molar-refractivity contribution is 6.29. The van der Waals surface area contributed by atoms with E-state index in [1.165, 1.54) is 32.7 Å². The molecule has 0 unspecified atom stereocenters. The molecule has 4 nitrogen and oxygen atoms in total. The van der Waals surface area contributed by atoms with E-state index in [1.807, 2.05) is 0 Å². The molecule has 4 heterocycles. The van der Waals surface area contributed by atoms with Crippen LogP contribution in [0.3, 0.4) is 0 Å². The molecule has 4 aromatic heterocycles. The zero-order valence-corrected chi connectivity index (χ0v) is 28.0. The molecule has 0 aliphatic carbocycles. The summed E-state index contributed by atoms with van der Waals surface area (Å²) in [6.07, 6.45) is 0. The van der Waals surface area contributed by atoms with E-state index in [-0.39, 0.29) is 0 Å². The lowest BCUT2D eigenvalue weighted by molar-refractivity contribution is 0.677. The first kappa shape index (κ1) is 27.7. The molecule has 0 bridgehead atoms. The molecular formula is C48H29N3O. The number of nitrogens with zero attached hydrogens (tertiary/aromatic N) is 3. The van der Waals surface area contributed by atoms with Gasteiger partial charge in [0.25, 0.3) is 0 Å². The predicted molar refractivity (Wildman–Crippen MR) is 217 cm³/mol. The van der Waals surface area contributed by atoms with Gasteiger partial charge in [0.05, 0.1) is 43.9 Å². The van der Waals surface area contributed by atoms with Gasteiger partial charge in [0.15, 0.2) is 0 Å². The molecular weight excluding hydrogens is 635 g/mol. The summed E-state index contributed by atoms with van der Waals surface area (Å²) in [6.45, 7) is 0. The molecule has 0 aliphatic rings. The van der Waals surface area contributed by atoms with E-state index in [2.05, 4.69) is 190 Å². The van der Waals surface area contributed by atoms with Crippen molar-refractivity contribution in [3.8, 4) is 17.1 Å². The summed E-state index contributed by atoms with van der Waals surface area (Å²) < 4.78 is 14.4. The van der Waals surface area contributed by atoms with Crippen molar-refractivity contribution in [1.82, 2.24) is 13.7 Å². The van der Waals surface area contributed by atoms with E-state index in [0.29, 0.717) is 0 Å². The Bertz CT molecular complexity index is 3340. The van der Waals surface area contributed by atoms with Gasteiger partial charge >= 0.3 is 0 Å². The van der Waals surface area contributed by atoms with Crippen LogP contribution in [0.5, 0.6) is 0 Å². The molecule has 12 aromatic rings. The van der Waals surface area contributed by atoms with Gasteiger partial charge in [-0.25, -0.2) is 0 Å². The van der Waals surface area contributed by atoms with Crippen LogP contribution in [0.1, 0.15) is 0 Å². The lowest BCUT2D eigenvalue weighted by Gasteiger charge is -2.10. The summed E-state index contributed by atoms with van der Waals surface area (Å²) in [5.41, 5.74) is 12.2. The first-order valence-corrected chi connectivity index (χ1v) is 17.8. The zero-order chi connectivity index (χ0) is 33.9. The van der Waals surface area contributed by atoms with E-state index in [9.17, 15) is 0 Å². The molecule has 242 valence electrons. The van der Waals surface area contributed by atoms with E-state index in [4.69, 9.17) is 4.42 Å². The largest absolute Gasteiger partial charge is 0.455 e. The van der Waals surface area contributed by atoms with Crippen molar-refractivity contribution in [1.29, 1.82) is 0 Å². The maximum absolute atomic E-state index is 7.23. The third kappa shape index (κ3) is 3.60. The topological polar surface area (TPSA) is 27.9 Å². The molecule has 0 amide bonds. The first-order chi connectivity index (χ1) is 25.8. The van der Waals surface area contributed by atoms with Gasteiger partial charge in [-0.1, -0.05) is 91.0 Å². The van der Waals surface area contributed by atoms with Gasteiger partial charge in [0.2, 0.25) is 0 Å². The molecule has 0 spiro atoms. The highest BCUT2D eigenvalue weighted by atomic mass is 16.3. The van der Waals surface area contributed by atoms with Crippen molar-refractivity contribution >= 4 is 87.4 Å². The van der Waals surface area contributed by atoms with Gasteiger partial charge in [-0.2, -0.15) is 0 Å². The average Bonchev–Trinajstić information content (AvgIpc) is 3.94. The molecule has 52 heavy (non-hydrogen) atoms. The summed E-state index contributed by atoms with van der Waals surface area (Å²) in [7, 11) is 0. The third-order valence-electron chi connectivity index (χ3n) is 11.0. The second-order valence-electron chi connectivity index (χ2n) is 13.7. The Morgan fingerprint density at radius 2 is 0.673 bits per heavy atom. The van der Waals surface area contributed by atoms with Gasteiger partial charge in [-0.3, -0.25) is 0 Å². The maximum atomic E-state index is 7.23. The van der Waals surface area contributed by atoms with Crippen LogP contribution in [0.4, 0.5) is 0 Å². The smallest absolute Gasteiger partial charge is 0.145 e. The number of para-hydroxylation sites is 5. The van der Waals surface area contributed by atoms with Crippen LogP contribution in [0, 0.1) is 0 Å². The molecule has 0 fully saturated rings. The van der Waals surface area contributed by atoms with Crippen LogP contribution in [0.2, 0.25) is 0 Å². The van der Waals surface area contributed by atoms with Gasteiger partial charge in [0.1, 0.15) is 11.2 Å². The minimum atomic E-state index is 0.913. The monoisotopic (exact) mass is 663 g/mol. The van der Waals surface area contributed by atoms with Crippen LogP contribution in [0.15, 0.2) is 180 Å². The average molecular weight is 664 g/mol. The van der Waals surface area contributed by atoms with Crippen molar-refractivity contribution in [2.45, 2.75) is 0 Å². The van der Waals surface area contributed by atoms with Crippen LogP contribution in [-0.2, 0) is 0 Å². The maximum Gasteiger partial charge on any atom is 0.145 e. The second kappa shape index (κ2) is 10.3. The van der Waals surface area contributed by atoms with Gasteiger partial charge in [0, 0.05) is 49.4 Å². The van der Waals surface area contributed by atoms with E-state index < -0.39 is 0 Å². The Labute approximate surface area is 297 Å². The molecule has 0 atom stereocenters. The Morgan fingerprint density at radius 3 is 1.23 bits per heavy atom. The second-order valence-corrected chi connectivity index (χ2v) is 13.7. The fourth-order valence-corrected chi connectivity index (χ4v) is 8.89. The molecule has 4 heteroatoms. The minimum absolute atomic E-state index is 0.913. The Balaban J connectivity index is 1.23. The number of hydrogen-bond acceptors (Lipinski definition) is 1. The predicted octanol–water partition coefficient (Wildman–Crippen LogP) is 12.9. The Kier molecular flexibility index (Phi) is 5.47. The number of rotatable bonds is 3. The van der Waals surface area contributed by atoms with Gasteiger partial charge in [-0.05, 0) is 84.9 Å². The summed E-state index contributed by atoms with van der Waals surface area (Å²) in [4.78, 5) is 0. The summed E-state index contributed by atoms with van der Waals surface area (Å²) in [5.74, 6) is 0. The minimum Gasteiger partial charge on any atom is -0.455 e. The number of aromatic nitrogens is 3. The summed E-state index contributed by atoms with van der Waals surface area (Å²) in [6, 6.07) is 63.3. The number of fused-ring (bicyclic) bond motifs is 14. The molecule has 0 radical (unpaired) electrons. The lowest BCUT2D eigenvalue weighted by Crippen LogP contribution is -1.95. The lowest BCUT2D eigenvalue weighted by atomic mass is 10.1. The van der Waals surface area contributed by atoms with E-state index in [1.54, 1.807) is 0 Å². The van der Waals surface area contributed by atoms with Crippen molar-refractivity contribution in [3.05, 3.63) is 176 Å². The number of benzene rings is 8. The van der Waals surface area contributed by atoms with Crippen molar-refractivity contribution in [2.75, 3.05) is 0 Å². The van der Waals surface area contributed by atoms with Crippen LogP contribution in [-0.4, -0.2) is 13.7 Å². The summed E-state index contributed by atoms with van der Waals surface area (Å²) in [5, 5.41) is 9.35. The number of furan rings is 1. The molecule has 12 rings (SSSR count). The first-order valence-electron chi connectivity index (χ1n) is 17.8. The van der Waals surface area contributed by atoms with Crippen LogP contribution < -0.4 is 0 Å². The van der Waals surface area contributed by atoms with Crippen molar-refractivity contribution in [3.63, 3.8) is 0 Å². The van der Waals surface area contributed by atoms with E-state index in [0.717, 1.165) is 71.7 Å².